The van der Waals surface area contributed by atoms with Gasteiger partial charge in [0, 0.05) is 7.05 Å². The minimum absolute atomic E-state index is 0.105. The maximum atomic E-state index is 11.2. The van der Waals surface area contributed by atoms with Gasteiger partial charge in [-0.05, 0) is 18.1 Å². The van der Waals surface area contributed by atoms with Crippen molar-refractivity contribution < 1.29 is 9.90 Å². The number of rotatable bonds is 3. The largest absolute Gasteiger partial charge is 0.476 e. The van der Waals surface area contributed by atoms with Crippen molar-refractivity contribution in [3.63, 3.8) is 0 Å². The number of aryl methyl sites for hydroxylation is 1. The first-order valence-corrected chi connectivity index (χ1v) is 5.93. The van der Waals surface area contributed by atoms with Crippen LogP contribution in [0.3, 0.4) is 0 Å². The Morgan fingerprint density at radius 1 is 1.41 bits per heavy atom. The first-order valence-electron chi connectivity index (χ1n) is 5.11. The second kappa shape index (κ2) is 4.55. The van der Waals surface area contributed by atoms with Gasteiger partial charge in [-0.25, -0.2) is 9.78 Å². The van der Waals surface area contributed by atoms with Crippen LogP contribution in [0.5, 0.6) is 0 Å². The standard InChI is InChI=1S/C12H12N2O2S/c1-7-5-3-4-6-8(7)10-9(11(15)16)14-12(13-2)17-10/h3-6H,1-2H3,(H,13,14)(H,15,16). The molecule has 0 saturated carbocycles. The van der Waals surface area contributed by atoms with E-state index in [0.717, 1.165) is 11.1 Å². The number of aromatic carboxylic acids is 1. The maximum absolute atomic E-state index is 11.2. The molecule has 0 aliphatic rings. The molecule has 4 nitrogen and oxygen atoms in total. The highest BCUT2D eigenvalue weighted by Crippen LogP contribution is 2.34. The Labute approximate surface area is 103 Å². The molecular weight excluding hydrogens is 236 g/mol. The molecule has 0 spiro atoms. The van der Waals surface area contributed by atoms with Crippen molar-refractivity contribution in [1.29, 1.82) is 0 Å². The predicted molar refractivity (Wildman–Crippen MR) is 68.8 cm³/mol. The minimum Gasteiger partial charge on any atom is -0.476 e. The smallest absolute Gasteiger partial charge is 0.356 e. The van der Waals surface area contributed by atoms with Crippen LogP contribution in [-0.4, -0.2) is 23.1 Å². The summed E-state index contributed by atoms with van der Waals surface area (Å²) in [6, 6.07) is 7.69. The van der Waals surface area contributed by atoms with Crippen LogP contribution in [0.2, 0.25) is 0 Å². The van der Waals surface area contributed by atoms with Crippen LogP contribution in [0.4, 0.5) is 5.13 Å². The van der Waals surface area contributed by atoms with Crippen molar-refractivity contribution in [2.75, 3.05) is 12.4 Å². The van der Waals surface area contributed by atoms with Gasteiger partial charge in [0.15, 0.2) is 10.8 Å². The van der Waals surface area contributed by atoms with Gasteiger partial charge in [-0.2, -0.15) is 0 Å². The van der Waals surface area contributed by atoms with E-state index in [-0.39, 0.29) is 5.69 Å². The number of aromatic nitrogens is 1. The van der Waals surface area contributed by atoms with Gasteiger partial charge in [-0.1, -0.05) is 35.6 Å². The molecule has 0 bridgehead atoms. The van der Waals surface area contributed by atoms with Crippen molar-refractivity contribution in [1.82, 2.24) is 4.98 Å². The number of carboxylic acids is 1. The fraction of sp³-hybridized carbons (Fsp3) is 0.167. The zero-order valence-corrected chi connectivity index (χ0v) is 10.3. The Morgan fingerprint density at radius 3 is 2.71 bits per heavy atom. The molecule has 0 aliphatic heterocycles. The van der Waals surface area contributed by atoms with Gasteiger partial charge in [0.05, 0.1) is 4.88 Å². The van der Waals surface area contributed by atoms with Crippen LogP contribution in [0.25, 0.3) is 10.4 Å². The molecule has 0 fully saturated rings. The molecule has 0 aliphatic carbocycles. The molecule has 2 aromatic rings. The summed E-state index contributed by atoms with van der Waals surface area (Å²) in [7, 11) is 1.73. The summed E-state index contributed by atoms with van der Waals surface area (Å²) in [4.78, 5) is 15.9. The normalized spacial score (nSPS) is 10.2. The lowest BCUT2D eigenvalue weighted by Gasteiger charge is -2.02. The predicted octanol–water partition coefficient (Wildman–Crippen LogP) is 2.86. The number of carboxylic acid groups (broad SMARTS) is 1. The number of nitrogens with zero attached hydrogens (tertiary/aromatic N) is 1. The average molecular weight is 248 g/mol. The van der Waals surface area contributed by atoms with E-state index >= 15 is 0 Å². The van der Waals surface area contributed by atoms with E-state index in [1.807, 2.05) is 31.2 Å². The molecule has 0 radical (unpaired) electrons. The molecule has 0 saturated heterocycles. The first-order chi connectivity index (χ1) is 8.13. The van der Waals surface area contributed by atoms with E-state index in [2.05, 4.69) is 10.3 Å². The van der Waals surface area contributed by atoms with E-state index in [0.29, 0.717) is 10.0 Å². The molecule has 0 atom stereocenters. The minimum atomic E-state index is -0.999. The molecule has 0 amide bonds. The fourth-order valence-corrected chi connectivity index (χ4v) is 2.58. The van der Waals surface area contributed by atoms with E-state index in [4.69, 9.17) is 5.11 Å². The van der Waals surface area contributed by atoms with Crippen molar-refractivity contribution in [2.45, 2.75) is 6.92 Å². The molecule has 5 heteroatoms. The third kappa shape index (κ3) is 2.14. The van der Waals surface area contributed by atoms with Crippen LogP contribution in [-0.2, 0) is 0 Å². The summed E-state index contributed by atoms with van der Waals surface area (Å²) >= 11 is 1.35. The molecular formula is C12H12N2O2S. The second-order valence-corrected chi connectivity index (χ2v) is 4.57. The summed E-state index contributed by atoms with van der Waals surface area (Å²) in [5, 5.41) is 12.6. The third-order valence-corrected chi connectivity index (χ3v) is 3.54. The Kier molecular flexibility index (Phi) is 3.10. The summed E-state index contributed by atoms with van der Waals surface area (Å²) in [5.74, 6) is -0.999. The van der Waals surface area contributed by atoms with Gasteiger partial charge in [0.2, 0.25) is 0 Å². The van der Waals surface area contributed by atoms with Gasteiger partial charge in [-0.15, -0.1) is 0 Å². The number of anilines is 1. The van der Waals surface area contributed by atoms with Crippen LogP contribution < -0.4 is 5.32 Å². The number of nitrogens with one attached hydrogen (secondary N) is 1. The molecule has 0 unspecified atom stereocenters. The van der Waals surface area contributed by atoms with Crippen LogP contribution in [0.15, 0.2) is 24.3 Å². The Morgan fingerprint density at radius 2 is 2.12 bits per heavy atom. The Hall–Kier alpha value is -1.88. The topological polar surface area (TPSA) is 62.2 Å². The zero-order valence-electron chi connectivity index (χ0n) is 9.52. The Bertz CT molecular complexity index is 563. The average Bonchev–Trinajstić information content (AvgIpc) is 2.73. The number of hydrogen-bond donors (Lipinski definition) is 2. The zero-order chi connectivity index (χ0) is 12.4. The van der Waals surface area contributed by atoms with Crippen LogP contribution in [0.1, 0.15) is 16.1 Å². The van der Waals surface area contributed by atoms with Gasteiger partial charge < -0.3 is 10.4 Å². The molecule has 2 rings (SSSR count). The third-order valence-electron chi connectivity index (χ3n) is 2.43. The fourth-order valence-electron chi connectivity index (χ4n) is 1.58. The van der Waals surface area contributed by atoms with Gasteiger partial charge >= 0.3 is 5.97 Å². The van der Waals surface area contributed by atoms with Crippen molar-refractivity contribution in [3.05, 3.63) is 35.5 Å². The lowest BCUT2D eigenvalue weighted by Crippen LogP contribution is -1.99. The van der Waals surface area contributed by atoms with E-state index < -0.39 is 5.97 Å². The van der Waals surface area contributed by atoms with E-state index in [1.54, 1.807) is 7.05 Å². The van der Waals surface area contributed by atoms with Gasteiger partial charge in [0.1, 0.15) is 0 Å². The first kappa shape index (κ1) is 11.6. The summed E-state index contributed by atoms with van der Waals surface area (Å²) < 4.78 is 0. The number of hydrogen-bond acceptors (Lipinski definition) is 4. The molecule has 17 heavy (non-hydrogen) atoms. The van der Waals surface area contributed by atoms with Crippen molar-refractivity contribution in [2.24, 2.45) is 0 Å². The molecule has 1 aromatic heterocycles. The summed E-state index contributed by atoms with van der Waals surface area (Å²) in [6.45, 7) is 1.96. The highest BCUT2D eigenvalue weighted by atomic mass is 32.1. The lowest BCUT2D eigenvalue weighted by molar-refractivity contribution is 0.0692. The van der Waals surface area contributed by atoms with Gasteiger partial charge in [0.25, 0.3) is 0 Å². The highest BCUT2D eigenvalue weighted by molar-refractivity contribution is 7.19. The molecule has 2 N–H and O–H groups in total. The van der Waals surface area contributed by atoms with Crippen LogP contribution >= 0.6 is 11.3 Å². The highest BCUT2D eigenvalue weighted by Gasteiger charge is 2.19. The quantitative estimate of drug-likeness (QED) is 0.876. The van der Waals surface area contributed by atoms with Crippen molar-refractivity contribution in [3.8, 4) is 10.4 Å². The van der Waals surface area contributed by atoms with Gasteiger partial charge in [-0.3, -0.25) is 0 Å². The molecule has 1 aromatic carbocycles. The number of thiazole rings is 1. The maximum Gasteiger partial charge on any atom is 0.356 e. The van der Waals surface area contributed by atoms with Crippen LogP contribution in [0, 0.1) is 6.92 Å². The number of benzene rings is 1. The summed E-state index contributed by atoms with van der Waals surface area (Å²) in [5.41, 5.74) is 2.07. The molecule has 1 heterocycles. The second-order valence-electron chi connectivity index (χ2n) is 3.57. The molecule has 88 valence electrons. The summed E-state index contributed by atoms with van der Waals surface area (Å²) in [6.07, 6.45) is 0. The van der Waals surface area contributed by atoms with E-state index in [1.165, 1.54) is 11.3 Å². The van der Waals surface area contributed by atoms with Crippen molar-refractivity contribution >= 4 is 22.4 Å². The Balaban J connectivity index is 2.62. The lowest BCUT2D eigenvalue weighted by atomic mass is 10.1. The monoisotopic (exact) mass is 248 g/mol. The number of carbonyl (C=O) groups is 1. The SMILES string of the molecule is CNc1nc(C(=O)O)c(-c2ccccc2C)s1. The van der Waals surface area contributed by atoms with E-state index in [9.17, 15) is 4.79 Å².